The summed E-state index contributed by atoms with van der Waals surface area (Å²) in [5.74, 6) is 0.428. The van der Waals surface area contributed by atoms with Gasteiger partial charge in [-0.1, -0.05) is 13.8 Å². The second-order valence-electron chi connectivity index (χ2n) is 5.66. The van der Waals surface area contributed by atoms with Crippen LogP contribution in [0.25, 0.3) is 0 Å². The van der Waals surface area contributed by atoms with Gasteiger partial charge in [-0.15, -0.1) is 0 Å². The minimum Gasteiger partial charge on any atom is -0.335 e. The molecule has 0 saturated heterocycles. The van der Waals surface area contributed by atoms with Crippen LogP contribution in [-0.2, 0) is 6.54 Å². The van der Waals surface area contributed by atoms with E-state index in [1.807, 2.05) is 38.4 Å². The van der Waals surface area contributed by atoms with Gasteiger partial charge in [-0.05, 0) is 39.7 Å². The zero-order chi connectivity index (χ0) is 14.6. The van der Waals surface area contributed by atoms with Crippen LogP contribution in [0.1, 0.15) is 39.1 Å². The van der Waals surface area contributed by atoms with Crippen LogP contribution < -0.4 is 10.6 Å². The molecule has 2 atom stereocenters. The monoisotopic (exact) mass is 266 g/mol. The van der Waals surface area contributed by atoms with Gasteiger partial charge in [0.25, 0.3) is 0 Å². The molecule has 1 aromatic rings. The topological polar surface area (TPSA) is 59.0 Å². The fourth-order valence-corrected chi connectivity index (χ4v) is 1.80. The number of nitrogens with one attached hydrogen (secondary N) is 2. The Kier molecular flexibility index (Phi) is 5.39. The van der Waals surface area contributed by atoms with Crippen LogP contribution in [0.3, 0.4) is 0 Å². The summed E-state index contributed by atoms with van der Waals surface area (Å²) in [4.78, 5) is 11.8. The summed E-state index contributed by atoms with van der Waals surface area (Å²) in [5, 5.41) is 10.3. The summed E-state index contributed by atoms with van der Waals surface area (Å²) in [5.41, 5.74) is 2.12. The van der Waals surface area contributed by atoms with Gasteiger partial charge in [0.15, 0.2) is 0 Å². The van der Waals surface area contributed by atoms with E-state index in [2.05, 4.69) is 29.6 Å². The van der Waals surface area contributed by atoms with Crippen molar-refractivity contribution < 1.29 is 4.79 Å². The minimum atomic E-state index is -0.116. The Labute approximate surface area is 115 Å². The SMILES string of the molecule is Cc1cc(C)n(CC(C)NC(=O)NC(C)C(C)C)n1. The molecule has 5 nitrogen and oxygen atoms in total. The van der Waals surface area contributed by atoms with Crippen LogP contribution in [-0.4, -0.2) is 27.9 Å². The van der Waals surface area contributed by atoms with Gasteiger partial charge in [-0.3, -0.25) is 4.68 Å². The highest BCUT2D eigenvalue weighted by molar-refractivity contribution is 5.74. The van der Waals surface area contributed by atoms with Gasteiger partial charge in [0, 0.05) is 17.8 Å². The molecule has 0 aliphatic heterocycles. The molecule has 0 aromatic carbocycles. The molecule has 2 amide bonds. The predicted molar refractivity (Wildman–Crippen MR) is 77.1 cm³/mol. The van der Waals surface area contributed by atoms with Crippen LogP contribution >= 0.6 is 0 Å². The Morgan fingerprint density at radius 2 is 1.89 bits per heavy atom. The number of amides is 2. The minimum absolute atomic E-state index is 0.0392. The van der Waals surface area contributed by atoms with Crippen molar-refractivity contribution in [2.24, 2.45) is 5.92 Å². The molecule has 0 saturated carbocycles. The van der Waals surface area contributed by atoms with Gasteiger partial charge in [-0.25, -0.2) is 4.79 Å². The van der Waals surface area contributed by atoms with Gasteiger partial charge >= 0.3 is 6.03 Å². The molecule has 0 aliphatic rings. The van der Waals surface area contributed by atoms with E-state index in [0.717, 1.165) is 11.4 Å². The predicted octanol–water partition coefficient (Wildman–Crippen LogP) is 2.23. The van der Waals surface area contributed by atoms with Crippen LogP contribution in [0, 0.1) is 19.8 Å². The second kappa shape index (κ2) is 6.59. The molecule has 5 heteroatoms. The summed E-state index contributed by atoms with van der Waals surface area (Å²) < 4.78 is 1.92. The van der Waals surface area contributed by atoms with E-state index in [0.29, 0.717) is 12.5 Å². The summed E-state index contributed by atoms with van der Waals surface area (Å²) >= 11 is 0. The van der Waals surface area contributed by atoms with E-state index in [4.69, 9.17) is 0 Å². The average Bonchev–Trinajstić information content (AvgIpc) is 2.56. The first kappa shape index (κ1) is 15.5. The standard InChI is InChI=1S/C14H26N4O/c1-9(2)13(6)16-14(19)15-11(4)8-18-12(5)7-10(3)17-18/h7,9,11,13H,8H2,1-6H3,(H2,15,16,19). The van der Waals surface area contributed by atoms with E-state index in [9.17, 15) is 4.79 Å². The Morgan fingerprint density at radius 3 is 2.37 bits per heavy atom. The third-order valence-electron chi connectivity index (χ3n) is 3.29. The number of urea groups is 1. The Morgan fingerprint density at radius 1 is 1.26 bits per heavy atom. The first-order valence-corrected chi connectivity index (χ1v) is 6.87. The maximum atomic E-state index is 11.8. The van der Waals surface area contributed by atoms with Crippen molar-refractivity contribution >= 4 is 6.03 Å². The maximum absolute atomic E-state index is 11.8. The zero-order valence-corrected chi connectivity index (χ0v) is 12.8. The summed E-state index contributed by atoms with van der Waals surface area (Å²) in [6.45, 7) is 12.8. The molecule has 2 N–H and O–H groups in total. The van der Waals surface area contributed by atoms with Crippen LogP contribution in [0.5, 0.6) is 0 Å². The quantitative estimate of drug-likeness (QED) is 0.858. The highest BCUT2D eigenvalue weighted by atomic mass is 16.2. The summed E-state index contributed by atoms with van der Waals surface area (Å²) in [6, 6.07) is 2.13. The Bertz CT molecular complexity index is 425. The molecule has 19 heavy (non-hydrogen) atoms. The fraction of sp³-hybridized carbons (Fsp3) is 0.714. The number of hydrogen-bond acceptors (Lipinski definition) is 2. The molecule has 1 aromatic heterocycles. The molecular formula is C14H26N4O. The summed E-state index contributed by atoms with van der Waals surface area (Å²) in [6.07, 6.45) is 0. The number of aryl methyl sites for hydroxylation is 2. The number of carbonyl (C=O) groups excluding carboxylic acids is 1. The van der Waals surface area contributed by atoms with Gasteiger partial charge in [0.1, 0.15) is 0 Å². The molecule has 1 heterocycles. The lowest BCUT2D eigenvalue weighted by Gasteiger charge is -2.20. The van der Waals surface area contributed by atoms with Crippen molar-refractivity contribution in [2.75, 3.05) is 0 Å². The van der Waals surface area contributed by atoms with E-state index >= 15 is 0 Å². The molecule has 1 rings (SSSR count). The van der Waals surface area contributed by atoms with E-state index in [1.54, 1.807) is 0 Å². The fourth-order valence-electron chi connectivity index (χ4n) is 1.80. The molecular weight excluding hydrogens is 240 g/mol. The number of rotatable bonds is 5. The molecule has 2 unspecified atom stereocenters. The van der Waals surface area contributed by atoms with Crippen molar-refractivity contribution in [1.29, 1.82) is 0 Å². The zero-order valence-electron chi connectivity index (χ0n) is 12.8. The third kappa shape index (κ3) is 4.93. The first-order chi connectivity index (χ1) is 8.79. The van der Waals surface area contributed by atoms with Crippen LogP contribution in [0.2, 0.25) is 0 Å². The third-order valence-corrected chi connectivity index (χ3v) is 3.29. The van der Waals surface area contributed by atoms with Crippen molar-refractivity contribution in [3.63, 3.8) is 0 Å². The van der Waals surface area contributed by atoms with Crippen LogP contribution in [0.4, 0.5) is 4.79 Å². The van der Waals surface area contributed by atoms with E-state index in [-0.39, 0.29) is 18.1 Å². The highest BCUT2D eigenvalue weighted by Gasteiger charge is 2.13. The lowest BCUT2D eigenvalue weighted by molar-refractivity contribution is 0.229. The van der Waals surface area contributed by atoms with Crippen molar-refractivity contribution in [2.45, 2.75) is 60.2 Å². The normalized spacial score (nSPS) is 14.3. The largest absolute Gasteiger partial charge is 0.335 e. The Balaban J connectivity index is 2.45. The van der Waals surface area contributed by atoms with Gasteiger partial charge < -0.3 is 10.6 Å². The lowest BCUT2D eigenvalue weighted by atomic mass is 10.1. The molecule has 0 fully saturated rings. The summed E-state index contributed by atoms with van der Waals surface area (Å²) in [7, 11) is 0. The van der Waals surface area contributed by atoms with Gasteiger partial charge in [0.2, 0.25) is 0 Å². The molecule has 0 aliphatic carbocycles. The smallest absolute Gasteiger partial charge is 0.315 e. The molecule has 0 radical (unpaired) electrons. The van der Waals surface area contributed by atoms with Crippen molar-refractivity contribution in [3.8, 4) is 0 Å². The number of aromatic nitrogens is 2. The van der Waals surface area contributed by atoms with E-state index in [1.165, 1.54) is 0 Å². The number of hydrogen-bond donors (Lipinski definition) is 2. The van der Waals surface area contributed by atoms with E-state index < -0.39 is 0 Å². The van der Waals surface area contributed by atoms with Crippen molar-refractivity contribution in [3.05, 3.63) is 17.5 Å². The van der Waals surface area contributed by atoms with Crippen LogP contribution in [0.15, 0.2) is 6.07 Å². The van der Waals surface area contributed by atoms with Crippen molar-refractivity contribution in [1.82, 2.24) is 20.4 Å². The number of carbonyl (C=O) groups is 1. The second-order valence-corrected chi connectivity index (χ2v) is 5.66. The molecule has 0 spiro atoms. The highest BCUT2D eigenvalue weighted by Crippen LogP contribution is 2.03. The Hall–Kier alpha value is -1.52. The lowest BCUT2D eigenvalue weighted by Crippen LogP contribution is -2.47. The van der Waals surface area contributed by atoms with Gasteiger partial charge in [-0.2, -0.15) is 5.10 Å². The average molecular weight is 266 g/mol. The maximum Gasteiger partial charge on any atom is 0.315 e. The first-order valence-electron chi connectivity index (χ1n) is 6.87. The number of nitrogens with zero attached hydrogens (tertiary/aromatic N) is 2. The molecule has 108 valence electrons. The van der Waals surface area contributed by atoms with Gasteiger partial charge in [0.05, 0.1) is 12.2 Å². The molecule has 0 bridgehead atoms.